The first kappa shape index (κ1) is 25.8. The summed E-state index contributed by atoms with van der Waals surface area (Å²) in [5, 5.41) is 14.4. The van der Waals surface area contributed by atoms with Gasteiger partial charge in [0, 0.05) is 18.5 Å². The molecule has 3 aromatic heterocycles. The Morgan fingerprint density at radius 1 is 1.00 bits per heavy atom. The number of benzene rings is 2. The SMILES string of the molecule is CCCCCc1nc2c(c(=O)[nH]c(=O)n2CC(=O)OC)n1Cc1ccc(-c2ccccc2-c2nn[nH]n2)cc1. The summed E-state index contributed by atoms with van der Waals surface area (Å²) >= 11 is 0. The third-order valence-electron chi connectivity index (χ3n) is 6.60. The molecule has 0 bridgehead atoms. The summed E-state index contributed by atoms with van der Waals surface area (Å²) in [5.41, 5.74) is 2.90. The van der Waals surface area contributed by atoms with E-state index in [9.17, 15) is 14.4 Å². The molecule has 39 heavy (non-hydrogen) atoms. The number of nitrogens with one attached hydrogen (secondary N) is 2. The molecule has 12 nitrogen and oxygen atoms in total. The minimum absolute atomic E-state index is 0.173. The predicted molar refractivity (Wildman–Crippen MR) is 144 cm³/mol. The monoisotopic (exact) mass is 528 g/mol. The van der Waals surface area contributed by atoms with E-state index in [0.717, 1.165) is 46.1 Å². The van der Waals surface area contributed by atoms with Crippen LogP contribution in [0.25, 0.3) is 33.7 Å². The molecule has 0 aliphatic heterocycles. The lowest BCUT2D eigenvalue weighted by atomic mass is 9.98. The zero-order valence-corrected chi connectivity index (χ0v) is 21.7. The van der Waals surface area contributed by atoms with Crippen molar-refractivity contribution in [1.29, 1.82) is 0 Å². The largest absolute Gasteiger partial charge is 0.468 e. The molecule has 0 aliphatic rings. The fraction of sp³-hybridized carbons (Fsp3) is 0.296. The third kappa shape index (κ3) is 5.26. The maximum atomic E-state index is 13.0. The Balaban J connectivity index is 1.54. The van der Waals surface area contributed by atoms with E-state index in [1.165, 1.54) is 7.11 Å². The van der Waals surface area contributed by atoms with Gasteiger partial charge in [-0.15, -0.1) is 10.2 Å². The van der Waals surface area contributed by atoms with Crippen LogP contribution in [0.5, 0.6) is 0 Å². The van der Waals surface area contributed by atoms with E-state index in [-0.39, 0.29) is 17.7 Å². The number of ether oxygens (including phenoxy) is 1. The minimum Gasteiger partial charge on any atom is -0.468 e. The summed E-state index contributed by atoms with van der Waals surface area (Å²) in [4.78, 5) is 44.5. The van der Waals surface area contributed by atoms with E-state index in [4.69, 9.17) is 4.74 Å². The number of aromatic amines is 2. The number of carbonyl (C=O) groups excluding carboxylic acids is 1. The molecule has 0 fully saturated rings. The van der Waals surface area contributed by atoms with Gasteiger partial charge in [0.05, 0.1) is 7.11 Å². The lowest BCUT2D eigenvalue weighted by Crippen LogP contribution is -2.33. The number of hydrogen-bond acceptors (Lipinski definition) is 8. The van der Waals surface area contributed by atoms with Crippen LogP contribution in [-0.2, 0) is 29.0 Å². The number of nitrogens with zero attached hydrogens (tertiary/aromatic N) is 6. The van der Waals surface area contributed by atoms with E-state index in [1.807, 2.05) is 53.1 Å². The molecule has 0 unspecified atom stereocenters. The Hall–Kier alpha value is -4.87. The maximum absolute atomic E-state index is 13.0. The number of esters is 1. The first-order chi connectivity index (χ1) is 19.0. The summed E-state index contributed by atoms with van der Waals surface area (Å²) in [6.07, 6.45) is 3.54. The molecule has 0 atom stereocenters. The summed E-state index contributed by atoms with van der Waals surface area (Å²) in [6, 6.07) is 15.8. The van der Waals surface area contributed by atoms with E-state index in [2.05, 4.69) is 37.5 Å². The van der Waals surface area contributed by atoms with E-state index >= 15 is 0 Å². The minimum atomic E-state index is -0.702. The Morgan fingerprint density at radius 2 is 1.77 bits per heavy atom. The first-order valence-corrected chi connectivity index (χ1v) is 12.7. The van der Waals surface area contributed by atoms with Gasteiger partial charge in [-0.25, -0.2) is 9.78 Å². The summed E-state index contributed by atoms with van der Waals surface area (Å²) in [7, 11) is 1.25. The number of methoxy groups -OCH3 is 1. The van der Waals surface area contributed by atoms with Crippen LogP contribution in [0.2, 0.25) is 0 Å². The van der Waals surface area contributed by atoms with Crippen molar-refractivity contribution in [2.45, 2.75) is 45.7 Å². The van der Waals surface area contributed by atoms with Crippen molar-refractivity contribution in [3.8, 4) is 22.5 Å². The van der Waals surface area contributed by atoms with Crippen LogP contribution in [0, 0.1) is 0 Å². The Bertz CT molecular complexity index is 1720. The molecule has 3 heterocycles. The van der Waals surface area contributed by atoms with Gasteiger partial charge in [0.25, 0.3) is 5.56 Å². The molecule has 2 N–H and O–H groups in total. The molecule has 12 heteroatoms. The Morgan fingerprint density at radius 3 is 2.46 bits per heavy atom. The normalized spacial score (nSPS) is 11.2. The lowest BCUT2D eigenvalue weighted by molar-refractivity contribution is -0.141. The zero-order chi connectivity index (χ0) is 27.4. The molecule has 0 saturated heterocycles. The highest BCUT2D eigenvalue weighted by atomic mass is 16.5. The second-order valence-electron chi connectivity index (χ2n) is 9.14. The highest BCUT2D eigenvalue weighted by molar-refractivity contribution is 5.80. The molecule has 0 radical (unpaired) electrons. The van der Waals surface area contributed by atoms with Crippen LogP contribution in [0.3, 0.4) is 0 Å². The average molecular weight is 529 g/mol. The first-order valence-electron chi connectivity index (χ1n) is 12.7. The van der Waals surface area contributed by atoms with Gasteiger partial charge >= 0.3 is 11.7 Å². The highest BCUT2D eigenvalue weighted by Gasteiger charge is 2.20. The fourth-order valence-corrected chi connectivity index (χ4v) is 4.63. The second kappa shape index (κ2) is 11.3. The Kier molecular flexibility index (Phi) is 7.43. The molecule has 200 valence electrons. The fourth-order valence-electron chi connectivity index (χ4n) is 4.63. The number of aryl methyl sites for hydroxylation is 1. The molecule has 0 saturated carbocycles. The quantitative estimate of drug-likeness (QED) is 0.207. The maximum Gasteiger partial charge on any atom is 0.330 e. The van der Waals surface area contributed by atoms with Crippen molar-refractivity contribution < 1.29 is 9.53 Å². The average Bonchev–Trinajstić information content (AvgIpc) is 3.61. The van der Waals surface area contributed by atoms with Crippen LogP contribution >= 0.6 is 0 Å². The molecule has 0 spiro atoms. The molecule has 5 aromatic rings. The molecule has 2 aromatic carbocycles. The summed E-state index contributed by atoms with van der Waals surface area (Å²) < 4.78 is 7.73. The number of hydrogen-bond donors (Lipinski definition) is 2. The lowest BCUT2D eigenvalue weighted by Gasteiger charge is -2.11. The predicted octanol–water partition coefficient (Wildman–Crippen LogP) is 2.69. The zero-order valence-electron chi connectivity index (χ0n) is 21.7. The van der Waals surface area contributed by atoms with Gasteiger partial charge in [-0.2, -0.15) is 5.21 Å². The van der Waals surface area contributed by atoms with Crippen LogP contribution in [0.1, 0.15) is 37.6 Å². The number of fused-ring (bicyclic) bond motifs is 1. The highest BCUT2D eigenvalue weighted by Crippen LogP contribution is 2.30. The van der Waals surface area contributed by atoms with E-state index < -0.39 is 17.2 Å². The molecular weight excluding hydrogens is 500 g/mol. The second-order valence-corrected chi connectivity index (χ2v) is 9.14. The van der Waals surface area contributed by atoms with Gasteiger partial charge in [-0.3, -0.25) is 19.1 Å². The van der Waals surface area contributed by atoms with Crippen LogP contribution in [-0.4, -0.2) is 52.8 Å². The van der Waals surface area contributed by atoms with Crippen LogP contribution < -0.4 is 11.2 Å². The smallest absolute Gasteiger partial charge is 0.330 e. The number of aromatic nitrogens is 8. The molecule has 0 aliphatic carbocycles. The van der Waals surface area contributed by atoms with Crippen molar-refractivity contribution in [2.75, 3.05) is 7.11 Å². The van der Waals surface area contributed by atoms with Crippen molar-refractivity contribution in [3.05, 3.63) is 80.8 Å². The van der Waals surface area contributed by atoms with E-state index in [0.29, 0.717) is 24.6 Å². The number of rotatable bonds is 10. The number of tetrazole rings is 1. The van der Waals surface area contributed by atoms with Crippen molar-refractivity contribution in [2.24, 2.45) is 0 Å². The summed E-state index contributed by atoms with van der Waals surface area (Å²) in [6.45, 7) is 2.13. The molecular formula is C27H28N8O4. The number of unbranched alkanes of at least 4 members (excludes halogenated alkanes) is 2. The van der Waals surface area contributed by atoms with Gasteiger partial charge in [0.1, 0.15) is 12.4 Å². The van der Waals surface area contributed by atoms with Crippen LogP contribution in [0.4, 0.5) is 0 Å². The number of H-pyrrole nitrogens is 2. The van der Waals surface area contributed by atoms with Gasteiger partial charge in [0.2, 0.25) is 5.82 Å². The summed E-state index contributed by atoms with van der Waals surface area (Å²) in [5.74, 6) is 0.581. The van der Waals surface area contributed by atoms with Crippen LogP contribution in [0.15, 0.2) is 58.1 Å². The Labute approximate surface area is 222 Å². The van der Waals surface area contributed by atoms with Crippen molar-refractivity contribution in [3.63, 3.8) is 0 Å². The van der Waals surface area contributed by atoms with Gasteiger partial charge in [-0.05, 0) is 28.3 Å². The molecule has 5 rings (SSSR count). The standard InChI is InChI=1S/C27H28N8O4/c1-3-4-5-10-21-28-25-23(26(37)29-27(38)35(25)16-22(36)39-2)34(21)15-17-11-13-18(14-12-17)19-8-6-7-9-20(19)24-30-32-33-31-24/h6-9,11-14H,3-5,10,15-16H2,1-2H3,(H,29,37,38)(H,30,31,32,33). The van der Waals surface area contributed by atoms with E-state index in [1.54, 1.807) is 0 Å². The third-order valence-corrected chi connectivity index (χ3v) is 6.60. The van der Waals surface area contributed by atoms with Gasteiger partial charge in [-0.1, -0.05) is 68.3 Å². The number of carbonyl (C=O) groups is 1. The topological polar surface area (TPSA) is 153 Å². The molecule has 0 amide bonds. The van der Waals surface area contributed by atoms with Gasteiger partial charge < -0.3 is 9.30 Å². The van der Waals surface area contributed by atoms with Crippen molar-refractivity contribution >= 4 is 17.1 Å². The number of imidazole rings is 1. The van der Waals surface area contributed by atoms with Crippen molar-refractivity contribution in [1.82, 2.24) is 39.7 Å². The van der Waals surface area contributed by atoms with Gasteiger partial charge in [0.15, 0.2) is 11.2 Å².